The van der Waals surface area contributed by atoms with Crippen LogP contribution in [0.3, 0.4) is 0 Å². The minimum absolute atomic E-state index is 0.0881. The van der Waals surface area contributed by atoms with Gasteiger partial charge in [0, 0.05) is 32.7 Å². The van der Waals surface area contributed by atoms with Crippen LogP contribution < -0.4 is 16.4 Å². The number of piperazine rings is 1. The normalized spacial score (nSPS) is 21.2. The second-order valence-corrected chi connectivity index (χ2v) is 7.31. The summed E-state index contributed by atoms with van der Waals surface area (Å²) in [6.45, 7) is 3.83. The lowest BCUT2D eigenvalue weighted by atomic mass is 9.85. The molecule has 9 heteroatoms. The Kier molecular flexibility index (Phi) is 8.62. The zero-order chi connectivity index (χ0) is 19.7. The Hall–Kier alpha value is -1.55. The summed E-state index contributed by atoms with van der Waals surface area (Å²) < 4.78 is 0. The van der Waals surface area contributed by atoms with Crippen LogP contribution in [0.2, 0.25) is 0 Å². The van der Waals surface area contributed by atoms with Crippen molar-refractivity contribution >= 4 is 17.8 Å². The summed E-state index contributed by atoms with van der Waals surface area (Å²) >= 11 is 0. The molecule has 2 heterocycles. The van der Waals surface area contributed by atoms with Crippen LogP contribution >= 0.6 is 0 Å². The standard InChI is InChI=1S/C18H33N5O4/c19-8-6-4-2-1-3-5-7-18(15(25)20-17(27)21-16(18)26)23-11-9-22(10-12-23)13-14-24/h24H,1-14,19H2,(H2,20,21,25,26,27). The number of amides is 4. The summed E-state index contributed by atoms with van der Waals surface area (Å²) in [6, 6.07) is -0.749. The molecule has 0 saturated carbocycles. The molecule has 0 atom stereocenters. The van der Waals surface area contributed by atoms with Crippen LogP contribution in [0.1, 0.15) is 44.9 Å². The third kappa shape index (κ3) is 5.47. The first-order chi connectivity index (χ1) is 13.0. The molecule has 0 unspecified atom stereocenters. The van der Waals surface area contributed by atoms with E-state index in [1.807, 2.05) is 4.90 Å². The molecule has 2 aliphatic rings. The van der Waals surface area contributed by atoms with Crippen LogP contribution in [0.5, 0.6) is 0 Å². The number of nitrogens with two attached hydrogens (primary N) is 1. The van der Waals surface area contributed by atoms with E-state index in [9.17, 15) is 14.4 Å². The minimum Gasteiger partial charge on any atom is -0.395 e. The summed E-state index contributed by atoms with van der Waals surface area (Å²) in [4.78, 5) is 41.0. The molecule has 4 amide bonds. The number of hydrogen-bond acceptors (Lipinski definition) is 7. The Balaban J connectivity index is 1.98. The van der Waals surface area contributed by atoms with Gasteiger partial charge < -0.3 is 10.8 Å². The summed E-state index contributed by atoms with van der Waals surface area (Å²) in [5, 5.41) is 13.7. The molecule has 0 spiro atoms. The van der Waals surface area contributed by atoms with Gasteiger partial charge in [0.15, 0.2) is 5.54 Å². The Labute approximate surface area is 160 Å². The maximum atomic E-state index is 12.7. The predicted molar refractivity (Wildman–Crippen MR) is 101 cm³/mol. The average Bonchev–Trinajstić information content (AvgIpc) is 2.64. The lowest BCUT2D eigenvalue weighted by molar-refractivity contribution is -0.150. The van der Waals surface area contributed by atoms with Crippen molar-refractivity contribution in [2.24, 2.45) is 5.73 Å². The highest BCUT2D eigenvalue weighted by molar-refractivity contribution is 6.22. The van der Waals surface area contributed by atoms with Gasteiger partial charge in [0.25, 0.3) is 11.8 Å². The second kappa shape index (κ2) is 10.7. The smallest absolute Gasteiger partial charge is 0.328 e. The highest BCUT2D eigenvalue weighted by Crippen LogP contribution is 2.28. The van der Waals surface area contributed by atoms with Crippen LogP contribution in [0, 0.1) is 0 Å². The maximum Gasteiger partial charge on any atom is 0.328 e. The van der Waals surface area contributed by atoms with Gasteiger partial charge in [0.2, 0.25) is 0 Å². The monoisotopic (exact) mass is 383 g/mol. The molecule has 0 aromatic rings. The van der Waals surface area contributed by atoms with E-state index in [-0.39, 0.29) is 6.61 Å². The van der Waals surface area contributed by atoms with Crippen LogP contribution in [0.25, 0.3) is 0 Å². The second-order valence-electron chi connectivity index (χ2n) is 7.31. The Morgan fingerprint density at radius 3 is 2.00 bits per heavy atom. The first kappa shape index (κ1) is 21.7. The van der Waals surface area contributed by atoms with E-state index < -0.39 is 23.4 Å². The first-order valence-electron chi connectivity index (χ1n) is 10.00. The van der Waals surface area contributed by atoms with E-state index in [1.165, 1.54) is 0 Å². The molecule has 0 bridgehead atoms. The van der Waals surface area contributed by atoms with Crippen molar-refractivity contribution in [1.29, 1.82) is 0 Å². The van der Waals surface area contributed by atoms with Gasteiger partial charge in [-0.25, -0.2) is 4.79 Å². The largest absolute Gasteiger partial charge is 0.395 e. The minimum atomic E-state index is -1.32. The zero-order valence-corrected chi connectivity index (χ0v) is 16.0. The van der Waals surface area contributed by atoms with Crippen molar-refractivity contribution in [2.45, 2.75) is 50.5 Å². The SMILES string of the molecule is NCCCCCCCCC1(N2CCN(CCO)CC2)C(=O)NC(=O)NC1=O. The molecular weight excluding hydrogens is 350 g/mol. The number of aliphatic hydroxyl groups excluding tert-OH is 1. The number of nitrogens with zero attached hydrogens (tertiary/aromatic N) is 2. The van der Waals surface area contributed by atoms with Crippen molar-refractivity contribution in [1.82, 2.24) is 20.4 Å². The lowest BCUT2D eigenvalue weighted by Crippen LogP contribution is -2.74. The number of unbranched alkanes of at least 4 members (excludes halogenated alkanes) is 5. The van der Waals surface area contributed by atoms with Gasteiger partial charge in [-0.3, -0.25) is 30.0 Å². The van der Waals surface area contributed by atoms with Gasteiger partial charge in [-0.2, -0.15) is 0 Å². The maximum absolute atomic E-state index is 12.7. The van der Waals surface area contributed by atoms with Crippen molar-refractivity contribution < 1.29 is 19.5 Å². The number of carbonyl (C=O) groups excluding carboxylic acids is 3. The molecule has 2 fully saturated rings. The molecule has 5 N–H and O–H groups in total. The number of aliphatic hydroxyl groups is 1. The molecule has 0 radical (unpaired) electrons. The van der Waals surface area contributed by atoms with Gasteiger partial charge in [0.05, 0.1) is 6.61 Å². The molecule has 27 heavy (non-hydrogen) atoms. The number of rotatable bonds is 11. The summed E-state index contributed by atoms with van der Waals surface area (Å²) in [5.41, 5.74) is 4.18. The van der Waals surface area contributed by atoms with Crippen LogP contribution in [0.4, 0.5) is 4.79 Å². The van der Waals surface area contributed by atoms with Crippen molar-refractivity contribution in [3.63, 3.8) is 0 Å². The average molecular weight is 383 g/mol. The summed E-state index contributed by atoms with van der Waals surface area (Å²) in [6.07, 6.45) is 6.34. The molecular formula is C18H33N5O4. The molecule has 0 aromatic carbocycles. The zero-order valence-electron chi connectivity index (χ0n) is 16.0. The van der Waals surface area contributed by atoms with Crippen molar-refractivity contribution in [2.75, 3.05) is 45.9 Å². The van der Waals surface area contributed by atoms with Gasteiger partial charge in [-0.05, 0) is 19.4 Å². The van der Waals surface area contributed by atoms with E-state index in [4.69, 9.17) is 10.8 Å². The Bertz CT molecular complexity index is 500. The van der Waals surface area contributed by atoms with Gasteiger partial charge in [-0.1, -0.05) is 32.1 Å². The highest BCUT2D eigenvalue weighted by atomic mass is 16.3. The molecule has 0 aliphatic carbocycles. The van der Waals surface area contributed by atoms with E-state index in [1.54, 1.807) is 0 Å². The van der Waals surface area contributed by atoms with Crippen LogP contribution in [-0.4, -0.2) is 84.2 Å². The fourth-order valence-electron chi connectivity index (χ4n) is 3.95. The van der Waals surface area contributed by atoms with Crippen molar-refractivity contribution in [3.8, 4) is 0 Å². The Morgan fingerprint density at radius 2 is 1.44 bits per heavy atom. The first-order valence-corrected chi connectivity index (χ1v) is 10.00. The van der Waals surface area contributed by atoms with E-state index in [0.29, 0.717) is 45.7 Å². The summed E-state index contributed by atoms with van der Waals surface area (Å²) in [5.74, 6) is -1.04. The van der Waals surface area contributed by atoms with Gasteiger partial charge in [-0.15, -0.1) is 0 Å². The molecule has 2 rings (SSSR count). The summed E-state index contributed by atoms with van der Waals surface area (Å²) in [7, 11) is 0. The Morgan fingerprint density at radius 1 is 0.889 bits per heavy atom. The van der Waals surface area contributed by atoms with Crippen LogP contribution in [-0.2, 0) is 9.59 Å². The van der Waals surface area contributed by atoms with E-state index in [0.717, 1.165) is 38.5 Å². The fraction of sp³-hybridized carbons (Fsp3) is 0.833. The number of imide groups is 2. The third-order valence-electron chi connectivity index (χ3n) is 5.53. The molecule has 154 valence electrons. The topological polar surface area (TPSA) is 128 Å². The van der Waals surface area contributed by atoms with Gasteiger partial charge in [0.1, 0.15) is 0 Å². The molecule has 2 saturated heterocycles. The lowest BCUT2D eigenvalue weighted by Gasteiger charge is -2.46. The van der Waals surface area contributed by atoms with E-state index in [2.05, 4.69) is 15.5 Å². The fourth-order valence-corrected chi connectivity index (χ4v) is 3.95. The molecule has 0 aromatic heterocycles. The third-order valence-corrected chi connectivity index (χ3v) is 5.53. The predicted octanol–water partition coefficient (Wildman–Crippen LogP) is -0.609. The van der Waals surface area contributed by atoms with Crippen LogP contribution in [0.15, 0.2) is 0 Å². The number of hydrogen-bond donors (Lipinski definition) is 4. The van der Waals surface area contributed by atoms with Gasteiger partial charge >= 0.3 is 6.03 Å². The number of β-amino-alcohol motifs (C(OH)–C–C–N with tert-alkyl or cyclic N) is 1. The number of nitrogens with one attached hydrogen (secondary N) is 2. The van der Waals surface area contributed by atoms with E-state index >= 15 is 0 Å². The molecule has 2 aliphatic heterocycles. The number of carbonyl (C=O) groups is 3. The quantitative estimate of drug-likeness (QED) is 0.277. The van der Waals surface area contributed by atoms with Crippen molar-refractivity contribution in [3.05, 3.63) is 0 Å². The number of barbiturate groups is 1. The molecule has 9 nitrogen and oxygen atoms in total. The highest BCUT2D eigenvalue weighted by Gasteiger charge is 2.54. The number of urea groups is 1.